The molecule has 0 saturated carbocycles. The van der Waals surface area contributed by atoms with E-state index in [9.17, 15) is 4.39 Å². The SMILES string of the molecule is COc1ccc(OCCNc2nc(C)nc3sc(C)c(-c4ccc(F)cc4)c23)cc1. The van der Waals surface area contributed by atoms with Crippen LogP contribution in [0.4, 0.5) is 10.2 Å². The maximum atomic E-state index is 13.4. The molecule has 7 heteroatoms. The van der Waals surface area contributed by atoms with Crippen molar-refractivity contribution in [2.75, 3.05) is 25.6 Å². The second kappa shape index (κ2) is 8.67. The molecular weight excluding hydrogens is 401 g/mol. The summed E-state index contributed by atoms with van der Waals surface area (Å²) in [7, 11) is 1.64. The summed E-state index contributed by atoms with van der Waals surface area (Å²) in [4.78, 5) is 11.3. The number of nitrogens with zero attached hydrogens (tertiary/aromatic N) is 2. The van der Waals surface area contributed by atoms with Crippen LogP contribution >= 0.6 is 11.3 Å². The third-order valence-corrected chi connectivity index (χ3v) is 5.69. The van der Waals surface area contributed by atoms with Crippen molar-refractivity contribution in [3.63, 3.8) is 0 Å². The van der Waals surface area contributed by atoms with Gasteiger partial charge in [-0.2, -0.15) is 0 Å². The lowest BCUT2D eigenvalue weighted by Gasteiger charge is -2.11. The van der Waals surface area contributed by atoms with Crippen LogP contribution in [0.5, 0.6) is 11.5 Å². The maximum absolute atomic E-state index is 13.4. The van der Waals surface area contributed by atoms with Crippen LogP contribution in [-0.4, -0.2) is 30.2 Å². The van der Waals surface area contributed by atoms with E-state index in [1.165, 1.54) is 12.1 Å². The third kappa shape index (κ3) is 4.21. The molecule has 2 aromatic heterocycles. The Bertz CT molecular complexity index is 1160. The van der Waals surface area contributed by atoms with Crippen LogP contribution in [0.25, 0.3) is 21.3 Å². The van der Waals surface area contributed by atoms with E-state index < -0.39 is 0 Å². The van der Waals surface area contributed by atoms with Crippen LogP contribution in [0.15, 0.2) is 48.5 Å². The van der Waals surface area contributed by atoms with Crippen molar-refractivity contribution >= 4 is 27.4 Å². The molecule has 2 aromatic carbocycles. The molecule has 0 spiro atoms. The second-order valence-corrected chi connectivity index (χ2v) is 7.99. The highest BCUT2D eigenvalue weighted by atomic mass is 32.1. The summed E-state index contributed by atoms with van der Waals surface area (Å²) in [5.41, 5.74) is 1.98. The van der Waals surface area contributed by atoms with Crippen molar-refractivity contribution < 1.29 is 13.9 Å². The zero-order valence-corrected chi connectivity index (χ0v) is 17.8. The molecule has 5 nitrogen and oxygen atoms in total. The fourth-order valence-electron chi connectivity index (χ4n) is 3.32. The minimum Gasteiger partial charge on any atom is -0.497 e. The van der Waals surface area contributed by atoms with Crippen LogP contribution in [-0.2, 0) is 0 Å². The molecule has 4 aromatic rings. The summed E-state index contributed by atoms with van der Waals surface area (Å²) in [5.74, 6) is 2.78. The fraction of sp³-hybridized carbons (Fsp3) is 0.217. The van der Waals surface area contributed by atoms with E-state index in [2.05, 4.69) is 22.2 Å². The van der Waals surface area contributed by atoms with Crippen LogP contribution in [0.3, 0.4) is 0 Å². The van der Waals surface area contributed by atoms with Gasteiger partial charge in [0.2, 0.25) is 0 Å². The summed E-state index contributed by atoms with van der Waals surface area (Å²) < 4.78 is 24.4. The molecule has 4 rings (SSSR count). The van der Waals surface area contributed by atoms with E-state index in [-0.39, 0.29) is 5.82 Å². The number of halogens is 1. The average Bonchev–Trinajstić information content (AvgIpc) is 3.07. The third-order valence-electron chi connectivity index (χ3n) is 4.70. The Morgan fingerprint density at radius 1 is 0.967 bits per heavy atom. The van der Waals surface area contributed by atoms with Crippen molar-refractivity contribution in [3.8, 4) is 22.6 Å². The minimum atomic E-state index is -0.253. The topological polar surface area (TPSA) is 56.3 Å². The van der Waals surface area contributed by atoms with Gasteiger partial charge in [0.25, 0.3) is 0 Å². The quantitative estimate of drug-likeness (QED) is 0.391. The molecule has 0 saturated heterocycles. The predicted octanol–water partition coefficient (Wildman–Crippen LogP) is 5.61. The van der Waals surface area contributed by atoms with Crippen molar-refractivity contribution in [1.82, 2.24) is 9.97 Å². The first kappa shape index (κ1) is 20.1. The van der Waals surface area contributed by atoms with E-state index in [1.807, 2.05) is 31.2 Å². The number of anilines is 1. The number of hydrogen-bond acceptors (Lipinski definition) is 6. The van der Waals surface area contributed by atoms with Crippen molar-refractivity contribution in [3.05, 3.63) is 65.0 Å². The number of aromatic nitrogens is 2. The summed E-state index contributed by atoms with van der Waals surface area (Å²) >= 11 is 1.62. The van der Waals surface area contributed by atoms with E-state index in [4.69, 9.17) is 9.47 Å². The van der Waals surface area contributed by atoms with Gasteiger partial charge in [0.05, 0.1) is 19.0 Å². The largest absolute Gasteiger partial charge is 0.497 e. The van der Waals surface area contributed by atoms with Gasteiger partial charge in [-0.15, -0.1) is 11.3 Å². The number of rotatable bonds is 7. The van der Waals surface area contributed by atoms with E-state index in [0.29, 0.717) is 19.0 Å². The van der Waals surface area contributed by atoms with Crippen molar-refractivity contribution in [1.29, 1.82) is 0 Å². The second-order valence-electron chi connectivity index (χ2n) is 6.79. The van der Waals surface area contributed by atoms with E-state index in [0.717, 1.165) is 43.5 Å². The van der Waals surface area contributed by atoms with E-state index in [1.54, 1.807) is 30.6 Å². The van der Waals surface area contributed by atoms with Crippen molar-refractivity contribution in [2.24, 2.45) is 0 Å². The Morgan fingerprint density at radius 2 is 1.67 bits per heavy atom. The Labute approximate surface area is 178 Å². The number of benzene rings is 2. The van der Waals surface area contributed by atoms with Crippen molar-refractivity contribution in [2.45, 2.75) is 13.8 Å². The summed E-state index contributed by atoms with van der Waals surface area (Å²) in [6, 6.07) is 14.0. The van der Waals surface area contributed by atoms with Gasteiger partial charge in [-0.3, -0.25) is 0 Å². The molecule has 0 bridgehead atoms. The van der Waals surface area contributed by atoms with Gasteiger partial charge < -0.3 is 14.8 Å². The Balaban J connectivity index is 1.56. The molecule has 0 aliphatic carbocycles. The Kier molecular flexibility index (Phi) is 5.81. The lowest BCUT2D eigenvalue weighted by atomic mass is 10.0. The monoisotopic (exact) mass is 423 g/mol. The molecule has 1 N–H and O–H groups in total. The molecule has 0 unspecified atom stereocenters. The molecule has 0 aliphatic rings. The summed E-state index contributed by atoms with van der Waals surface area (Å²) in [5, 5.41) is 4.35. The normalized spacial score (nSPS) is 10.9. The summed E-state index contributed by atoms with van der Waals surface area (Å²) in [6.45, 7) is 4.99. The summed E-state index contributed by atoms with van der Waals surface area (Å²) in [6.07, 6.45) is 0. The molecule has 154 valence electrons. The fourth-order valence-corrected chi connectivity index (χ4v) is 4.41. The van der Waals surface area contributed by atoms with E-state index >= 15 is 0 Å². The van der Waals surface area contributed by atoms with Gasteiger partial charge in [-0.05, 0) is 55.8 Å². The highest BCUT2D eigenvalue weighted by molar-refractivity contribution is 7.19. The van der Waals surface area contributed by atoms with Gasteiger partial charge >= 0.3 is 0 Å². The Morgan fingerprint density at radius 3 is 2.37 bits per heavy atom. The first-order valence-corrected chi connectivity index (χ1v) is 10.4. The van der Waals surface area contributed by atoms with Crippen LogP contribution in [0.1, 0.15) is 10.7 Å². The average molecular weight is 424 g/mol. The molecule has 0 fully saturated rings. The maximum Gasteiger partial charge on any atom is 0.139 e. The number of ether oxygens (including phenoxy) is 2. The van der Waals surface area contributed by atoms with Gasteiger partial charge in [-0.1, -0.05) is 12.1 Å². The standard InChI is InChI=1S/C23H22FN3O2S/c1-14-20(16-4-6-17(24)7-5-16)21-22(26-15(2)27-23(21)30-14)25-12-13-29-19-10-8-18(28-3)9-11-19/h4-11H,12-13H2,1-3H3,(H,25,26,27). The Hall–Kier alpha value is -3.19. The molecule has 0 radical (unpaired) electrons. The zero-order chi connectivity index (χ0) is 21.1. The molecule has 2 heterocycles. The molecular formula is C23H22FN3O2S. The van der Waals surface area contributed by atoms with Crippen LogP contribution < -0.4 is 14.8 Å². The first-order valence-electron chi connectivity index (χ1n) is 9.59. The van der Waals surface area contributed by atoms with Gasteiger partial charge in [0.15, 0.2) is 0 Å². The number of nitrogens with one attached hydrogen (secondary N) is 1. The first-order chi connectivity index (χ1) is 14.5. The molecule has 0 aliphatic heterocycles. The lowest BCUT2D eigenvalue weighted by Crippen LogP contribution is -2.13. The lowest BCUT2D eigenvalue weighted by molar-refractivity contribution is 0.331. The minimum absolute atomic E-state index is 0.253. The van der Waals surface area contributed by atoms with Crippen LogP contribution in [0, 0.1) is 19.7 Å². The number of fused-ring (bicyclic) bond motifs is 1. The molecule has 0 amide bonds. The van der Waals surface area contributed by atoms with Crippen LogP contribution in [0.2, 0.25) is 0 Å². The highest BCUT2D eigenvalue weighted by Crippen LogP contribution is 2.40. The highest BCUT2D eigenvalue weighted by Gasteiger charge is 2.17. The predicted molar refractivity (Wildman–Crippen MR) is 119 cm³/mol. The number of hydrogen-bond donors (Lipinski definition) is 1. The van der Waals surface area contributed by atoms with Gasteiger partial charge in [-0.25, -0.2) is 14.4 Å². The number of aryl methyl sites for hydroxylation is 2. The number of methoxy groups -OCH3 is 1. The zero-order valence-electron chi connectivity index (χ0n) is 17.0. The smallest absolute Gasteiger partial charge is 0.139 e. The van der Waals surface area contributed by atoms with Gasteiger partial charge in [0, 0.05) is 10.4 Å². The molecule has 0 atom stereocenters. The number of thiophene rings is 1. The molecule has 30 heavy (non-hydrogen) atoms. The van der Waals surface area contributed by atoms with Gasteiger partial charge in [0.1, 0.15) is 40.4 Å².